The minimum absolute atomic E-state index is 0.0452. The van der Waals surface area contributed by atoms with Gasteiger partial charge >= 0.3 is 0 Å². The summed E-state index contributed by atoms with van der Waals surface area (Å²) < 4.78 is 5.50. The molecule has 0 aliphatic heterocycles. The fourth-order valence-electron chi connectivity index (χ4n) is 1.78. The predicted molar refractivity (Wildman–Crippen MR) is 47.8 cm³/mol. The lowest BCUT2D eigenvalue weighted by atomic mass is 9.55. The summed E-state index contributed by atoms with van der Waals surface area (Å²) in [5.74, 6) is 0. The highest BCUT2D eigenvalue weighted by Gasteiger charge is 2.58. The van der Waals surface area contributed by atoms with E-state index >= 15 is 0 Å². The van der Waals surface area contributed by atoms with Crippen LogP contribution in [0.15, 0.2) is 0 Å². The molecule has 3 nitrogen and oxygen atoms in total. The van der Waals surface area contributed by atoms with Crippen molar-refractivity contribution in [3.8, 4) is 0 Å². The molecule has 0 aromatic carbocycles. The van der Waals surface area contributed by atoms with E-state index in [9.17, 15) is 0 Å². The van der Waals surface area contributed by atoms with Crippen LogP contribution in [0, 0.1) is 5.41 Å². The van der Waals surface area contributed by atoms with Crippen molar-refractivity contribution in [1.82, 2.24) is 0 Å². The van der Waals surface area contributed by atoms with E-state index in [0.29, 0.717) is 0 Å². The van der Waals surface area contributed by atoms with Crippen molar-refractivity contribution in [1.29, 1.82) is 0 Å². The Morgan fingerprint density at radius 2 is 2.17 bits per heavy atom. The molecular weight excluding hydrogens is 154 g/mol. The van der Waals surface area contributed by atoms with Gasteiger partial charge in [0.25, 0.3) is 0 Å². The summed E-state index contributed by atoms with van der Waals surface area (Å²) in [5.41, 5.74) is 5.43. The fourth-order valence-corrected chi connectivity index (χ4v) is 1.78. The van der Waals surface area contributed by atoms with Crippen LogP contribution in [0.1, 0.15) is 27.2 Å². The van der Waals surface area contributed by atoms with Crippen molar-refractivity contribution in [3.05, 3.63) is 0 Å². The lowest BCUT2D eigenvalue weighted by Crippen LogP contribution is -2.71. The van der Waals surface area contributed by atoms with Gasteiger partial charge in [-0.2, -0.15) is 0 Å². The number of nitrogens with two attached hydrogens (primary N) is 1. The van der Waals surface area contributed by atoms with Gasteiger partial charge in [0.2, 0.25) is 0 Å². The molecule has 12 heavy (non-hydrogen) atoms. The summed E-state index contributed by atoms with van der Waals surface area (Å²) in [4.78, 5) is 0. The molecule has 0 unspecified atom stereocenters. The summed E-state index contributed by atoms with van der Waals surface area (Å²) in [6, 6.07) is 0. The topological polar surface area (TPSA) is 55.5 Å². The minimum atomic E-state index is -0.438. The van der Waals surface area contributed by atoms with E-state index in [2.05, 4.69) is 0 Å². The highest BCUT2D eigenvalue weighted by Crippen LogP contribution is 2.49. The van der Waals surface area contributed by atoms with Crippen LogP contribution in [0.25, 0.3) is 0 Å². The van der Waals surface area contributed by atoms with Gasteiger partial charge in [-0.05, 0) is 13.3 Å². The molecule has 1 fully saturated rings. The van der Waals surface area contributed by atoms with E-state index in [-0.39, 0.29) is 18.1 Å². The smallest absolute Gasteiger partial charge is 0.0662 e. The maximum atomic E-state index is 9.09. The van der Waals surface area contributed by atoms with Gasteiger partial charge in [-0.1, -0.05) is 13.8 Å². The molecular formula is C9H19NO2. The van der Waals surface area contributed by atoms with E-state index in [1.165, 1.54) is 0 Å². The molecule has 0 amide bonds. The summed E-state index contributed by atoms with van der Waals surface area (Å²) in [7, 11) is 0. The molecule has 1 aliphatic rings. The van der Waals surface area contributed by atoms with Crippen molar-refractivity contribution in [2.75, 3.05) is 13.2 Å². The van der Waals surface area contributed by atoms with Crippen molar-refractivity contribution in [2.24, 2.45) is 11.1 Å². The molecule has 0 spiro atoms. The van der Waals surface area contributed by atoms with E-state index < -0.39 is 5.54 Å². The summed E-state index contributed by atoms with van der Waals surface area (Å²) >= 11 is 0. The van der Waals surface area contributed by atoms with Gasteiger partial charge < -0.3 is 15.6 Å². The highest BCUT2D eigenvalue weighted by molar-refractivity contribution is 5.13. The number of rotatable bonds is 3. The van der Waals surface area contributed by atoms with Gasteiger partial charge in [-0.3, -0.25) is 0 Å². The van der Waals surface area contributed by atoms with Gasteiger partial charge in [0.15, 0.2) is 0 Å². The first-order valence-corrected chi connectivity index (χ1v) is 4.49. The van der Waals surface area contributed by atoms with E-state index in [0.717, 1.165) is 13.0 Å². The van der Waals surface area contributed by atoms with Crippen LogP contribution < -0.4 is 5.73 Å². The molecule has 0 radical (unpaired) electrons. The zero-order valence-corrected chi connectivity index (χ0v) is 8.13. The van der Waals surface area contributed by atoms with Crippen molar-refractivity contribution < 1.29 is 9.84 Å². The Kier molecular flexibility index (Phi) is 2.47. The number of hydrogen-bond acceptors (Lipinski definition) is 3. The van der Waals surface area contributed by atoms with E-state index in [4.69, 9.17) is 15.6 Å². The molecule has 72 valence electrons. The van der Waals surface area contributed by atoms with Gasteiger partial charge in [-0.15, -0.1) is 0 Å². The molecule has 2 atom stereocenters. The largest absolute Gasteiger partial charge is 0.394 e. The van der Waals surface area contributed by atoms with Gasteiger partial charge in [0.05, 0.1) is 12.7 Å². The third kappa shape index (κ3) is 1.16. The van der Waals surface area contributed by atoms with Crippen LogP contribution in [-0.2, 0) is 4.74 Å². The number of aliphatic hydroxyl groups excluding tert-OH is 1. The van der Waals surface area contributed by atoms with Gasteiger partial charge in [0.1, 0.15) is 0 Å². The number of ether oxygens (including phenoxy) is 1. The Hall–Kier alpha value is -0.120. The Labute approximate surface area is 73.9 Å². The fraction of sp³-hybridized carbons (Fsp3) is 1.00. The van der Waals surface area contributed by atoms with Crippen LogP contribution >= 0.6 is 0 Å². The first-order chi connectivity index (χ1) is 5.48. The quantitative estimate of drug-likeness (QED) is 0.654. The standard InChI is InChI=1S/C9H19NO2/c1-4-12-7-5-9(10,6-11)8(7,2)3/h7,11H,4-6,10H2,1-3H3/t7-,9-/m0/s1. The second kappa shape index (κ2) is 2.98. The third-order valence-electron chi connectivity index (χ3n) is 3.29. The summed E-state index contributed by atoms with van der Waals surface area (Å²) in [5, 5.41) is 9.09. The maximum Gasteiger partial charge on any atom is 0.0662 e. The first kappa shape index (κ1) is 9.96. The third-order valence-corrected chi connectivity index (χ3v) is 3.29. The Balaban J connectivity index is 2.59. The molecule has 0 aromatic heterocycles. The average molecular weight is 173 g/mol. The van der Waals surface area contributed by atoms with Crippen molar-refractivity contribution in [2.45, 2.75) is 38.8 Å². The highest BCUT2D eigenvalue weighted by atomic mass is 16.5. The molecule has 0 heterocycles. The summed E-state index contributed by atoms with van der Waals surface area (Å²) in [6.45, 7) is 6.84. The molecule has 0 saturated heterocycles. The molecule has 0 bridgehead atoms. The number of aliphatic hydroxyl groups is 1. The molecule has 1 rings (SSSR count). The predicted octanol–water partition coefficient (Wildman–Crippen LogP) is 0.511. The lowest BCUT2D eigenvalue weighted by Gasteiger charge is -2.58. The van der Waals surface area contributed by atoms with Crippen LogP contribution in [-0.4, -0.2) is 30.0 Å². The molecule has 0 aromatic rings. The lowest BCUT2D eigenvalue weighted by molar-refractivity contribution is -0.162. The monoisotopic (exact) mass is 173 g/mol. The van der Waals surface area contributed by atoms with E-state index in [1.807, 2.05) is 20.8 Å². The average Bonchev–Trinajstić information content (AvgIpc) is 2.04. The number of hydrogen-bond donors (Lipinski definition) is 2. The minimum Gasteiger partial charge on any atom is -0.394 e. The maximum absolute atomic E-state index is 9.09. The van der Waals surface area contributed by atoms with Crippen LogP contribution in [0.2, 0.25) is 0 Å². The van der Waals surface area contributed by atoms with Crippen molar-refractivity contribution >= 4 is 0 Å². The molecule has 1 saturated carbocycles. The second-order valence-electron chi connectivity index (χ2n) is 4.18. The van der Waals surface area contributed by atoms with Crippen LogP contribution in [0.4, 0.5) is 0 Å². The Morgan fingerprint density at radius 1 is 1.58 bits per heavy atom. The first-order valence-electron chi connectivity index (χ1n) is 4.49. The molecule has 3 N–H and O–H groups in total. The zero-order chi connectivity index (χ0) is 9.41. The second-order valence-corrected chi connectivity index (χ2v) is 4.18. The van der Waals surface area contributed by atoms with Crippen molar-refractivity contribution in [3.63, 3.8) is 0 Å². The molecule has 3 heteroatoms. The normalized spacial score (nSPS) is 39.2. The Morgan fingerprint density at radius 3 is 2.50 bits per heavy atom. The van der Waals surface area contributed by atoms with Crippen LogP contribution in [0.3, 0.4) is 0 Å². The van der Waals surface area contributed by atoms with Gasteiger partial charge in [0, 0.05) is 17.6 Å². The molecule has 1 aliphatic carbocycles. The SMILES string of the molecule is CCO[C@H]1C[C@](N)(CO)C1(C)C. The summed E-state index contributed by atoms with van der Waals surface area (Å²) in [6.07, 6.45) is 0.976. The zero-order valence-electron chi connectivity index (χ0n) is 8.13. The van der Waals surface area contributed by atoms with Crippen LogP contribution in [0.5, 0.6) is 0 Å². The Bertz CT molecular complexity index is 170. The van der Waals surface area contributed by atoms with Gasteiger partial charge in [-0.25, -0.2) is 0 Å². The van der Waals surface area contributed by atoms with E-state index in [1.54, 1.807) is 0 Å².